The molecular weight excluding hydrogens is 287 g/mol. The lowest BCUT2D eigenvalue weighted by Crippen LogP contribution is -2.13. The van der Waals surface area contributed by atoms with Gasteiger partial charge in [-0.15, -0.1) is 0 Å². The maximum atomic E-state index is 13.4. The van der Waals surface area contributed by atoms with E-state index in [2.05, 4.69) is 15.9 Å². The van der Waals surface area contributed by atoms with Gasteiger partial charge < -0.3 is 4.74 Å². The lowest BCUT2D eigenvalue weighted by atomic mass is 10.0. The molecule has 0 bridgehead atoms. The third-order valence-corrected chi connectivity index (χ3v) is 2.92. The fourth-order valence-corrected chi connectivity index (χ4v) is 2.10. The number of methoxy groups -OCH3 is 1. The van der Waals surface area contributed by atoms with Crippen LogP contribution < -0.4 is 0 Å². The minimum atomic E-state index is -0.332. The normalized spacial score (nSPS) is 12.5. The molecule has 1 atom stereocenters. The zero-order chi connectivity index (χ0) is 12.8. The molecule has 0 aromatic heterocycles. The Morgan fingerprint density at radius 3 is 2.88 bits per heavy atom. The minimum absolute atomic E-state index is 0.0338. The smallest absolute Gasteiger partial charge is 0.137 e. The summed E-state index contributed by atoms with van der Waals surface area (Å²) >= 11 is 3.26. The van der Waals surface area contributed by atoms with Crippen molar-refractivity contribution in [2.24, 2.45) is 5.92 Å². The molecule has 0 heterocycles. The molecule has 0 radical (unpaired) electrons. The molecule has 1 unspecified atom stereocenters. The van der Waals surface area contributed by atoms with Gasteiger partial charge in [-0.3, -0.25) is 4.79 Å². The maximum absolute atomic E-state index is 13.4. The Hall–Kier alpha value is -0.740. The summed E-state index contributed by atoms with van der Waals surface area (Å²) < 4.78 is 19.2. The van der Waals surface area contributed by atoms with Crippen LogP contribution in [0.1, 0.15) is 18.9 Å². The number of benzene rings is 1. The van der Waals surface area contributed by atoms with Crippen LogP contribution in [0, 0.1) is 11.7 Å². The average molecular weight is 303 g/mol. The highest BCUT2D eigenvalue weighted by molar-refractivity contribution is 9.10. The first-order chi connectivity index (χ1) is 8.02. The van der Waals surface area contributed by atoms with Crippen molar-refractivity contribution in [3.05, 3.63) is 34.1 Å². The van der Waals surface area contributed by atoms with Crippen LogP contribution >= 0.6 is 15.9 Å². The van der Waals surface area contributed by atoms with Crippen molar-refractivity contribution in [3.8, 4) is 0 Å². The Labute approximate surface area is 109 Å². The summed E-state index contributed by atoms with van der Waals surface area (Å²) in [6.45, 7) is 2.49. The van der Waals surface area contributed by atoms with E-state index in [1.165, 1.54) is 6.07 Å². The summed E-state index contributed by atoms with van der Waals surface area (Å²) in [5.41, 5.74) is 0.439. The zero-order valence-electron chi connectivity index (χ0n) is 10.0. The topological polar surface area (TPSA) is 26.3 Å². The summed E-state index contributed by atoms with van der Waals surface area (Å²) in [5, 5.41) is 0. The standard InChI is InChI=1S/C13H16BrFO2/c1-9(8-17-2)5-12(16)7-10-6-11(14)3-4-13(10)15/h3-4,6,9H,5,7-8H2,1-2H3. The second-order valence-corrected chi connectivity index (χ2v) is 5.13. The molecule has 1 aromatic rings. The van der Waals surface area contributed by atoms with Crippen molar-refractivity contribution >= 4 is 21.7 Å². The van der Waals surface area contributed by atoms with E-state index in [9.17, 15) is 9.18 Å². The quantitative estimate of drug-likeness (QED) is 0.805. The summed E-state index contributed by atoms with van der Waals surface area (Å²) in [6.07, 6.45) is 0.555. The second-order valence-electron chi connectivity index (χ2n) is 4.22. The highest BCUT2D eigenvalue weighted by Crippen LogP contribution is 2.17. The number of hydrogen-bond donors (Lipinski definition) is 0. The predicted molar refractivity (Wildman–Crippen MR) is 68.5 cm³/mol. The van der Waals surface area contributed by atoms with Gasteiger partial charge in [-0.2, -0.15) is 0 Å². The van der Waals surface area contributed by atoms with Crippen LogP contribution in [0.15, 0.2) is 22.7 Å². The Morgan fingerprint density at radius 1 is 1.53 bits per heavy atom. The van der Waals surface area contributed by atoms with E-state index in [-0.39, 0.29) is 23.9 Å². The van der Waals surface area contributed by atoms with Crippen molar-refractivity contribution < 1.29 is 13.9 Å². The Morgan fingerprint density at radius 2 is 2.24 bits per heavy atom. The number of ether oxygens (including phenoxy) is 1. The van der Waals surface area contributed by atoms with Crippen LogP contribution in [0.25, 0.3) is 0 Å². The van der Waals surface area contributed by atoms with Gasteiger partial charge in [0, 0.05) is 31.0 Å². The SMILES string of the molecule is COCC(C)CC(=O)Cc1cc(Br)ccc1F. The van der Waals surface area contributed by atoms with Gasteiger partial charge in [0.25, 0.3) is 0 Å². The van der Waals surface area contributed by atoms with Gasteiger partial charge >= 0.3 is 0 Å². The van der Waals surface area contributed by atoms with E-state index in [4.69, 9.17) is 4.74 Å². The van der Waals surface area contributed by atoms with Crippen molar-refractivity contribution in [1.82, 2.24) is 0 Å². The van der Waals surface area contributed by atoms with E-state index in [0.717, 1.165) is 4.47 Å². The number of hydrogen-bond acceptors (Lipinski definition) is 2. The predicted octanol–water partition coefficient (Wildman–Crippen LogP) is 3.37. The molecule has 4 heteroatoms. The molecular formula is C13H16BrFO2. The molecule has 1 aromatic carbocycles. The van der Waals surface area contributed by atoms with Crippen LogP contribution in [-0.2, 0) is 16.0 Å². The van der Waals surface area contributed by atoms with Crippen molar-refractivity contribution in [2.75, 3.05) is 13.7 Å². The van der Waals surface area contributed by atoms with Gasteiger partial charge in [0.15, 0.2) is 0 Å². The lowest BCUT2D eigenvalue weighted by molar-refractivity contribution is -0.119. The summed E-state index contributed by atoms with van der Waals surface area (Å²) in [4.78, 5) is 11.7. The van der Waals surface area contributed by atoms with E-state index in [0.29, 0.717) is 18.6 Å². The molecule has 0 aliphatic heterocycles. The van der Waals surface area contributed by atoms with Gasteiger partial charge in [0.05, 0.1) is 0 Å². The molecule has 0 spiro atoms. The first-order valence-corrected chi connectivity index (χ1v) is 6.26. The van der Waals surface area contributed by atoms with E-state index >= 15 is 0 Å². The van der Waals surface area contributed by atoms with Gasteiger partial charge in [-0.25, -0.2) is 4.39 Å². The summed E-state index contributed by atoms with van der Waals surface area (Å²) in [7, 11) is 1.61. The Bertz CT molecular complexity index is 393. The molecule has 0 N–H and O–H groups in total. The van der Waals surface area contributed by atoms with Gasteiger partial charge in [0.2, 0.25) is 0 Å². The molecule has 2 nitrogen and oxygen atoms in total. The average Bonchev–Trinajstić information content (AvgIpc) is 2.23. The monoisotopic (exact) mass is 302 g/mol. The first-order valence-electron chi connectivity index (χ1n) is 5.47. The lowest BCUT2D eigenvalue weighted by Gasteiger charge is -2.09. The van der Waals surface area contributed by atoms with Gasteiger partial charge in [0.1, 0.15) is 11.6 Å². The molecule has 0 saturated heterocycles. The number of Topliss-reactive ketones (excluding diaryl/α,β-unsaturated/α-hetero) is 1. The highest BCUT2D eigenvalue weighted by Gasteiger charge is 2.12. The first kappa shape index (κ1) is 14.3. The van der Waals surface area contributed by atoms with Crippen LogP contribution in [-0.4, -0.2) is 19.5 Å². The maximum Gasteiger partial charge on any atom is 0.137 e. The minimum Gasteiger partial charge on any atom is -0.384 e. The third-order valence-electron chi connectivity index (χ3n) is 2.42. The molecule has 0 aliphatic carbocycles. The second kappa shape index (κ2) is 6.87. The largest absolute Gasteiger partial charge is 0.384 e. The van der Waals surface area contributed by atoms with Crippen molar-refractivity contribution in [3.63, 3.8) is 0 Å². The summed E-state index contributed by atoms with van der Waals surface area (Å²) in [5.74, 6) is -0.129. The number of carbonyl (C=O) groups excluding carboxylic acids is 1. The molecule has 1 rings (SSSR count). The molecule has 17 heavy (non-hydrogen) atoms. The number of halogens is 2. The third kappa shape index (κ3) is 4.96. The van der Waals surface area contributed by atoms with Gasteiger partial charge in [-0.05, 0) is 29.7 Å². The van der Waals surface area contributed by atoms with E-state index in [1.807, 2.05) is 6.92 Å². The fourth-order valence-electron chi connectivity index (χ4n) is 1.70. The van der Waals surface area contributed by atoms with Crippen LogP contribution in [0.2, 0.25) is 0 Å². The van der Waals surface area contributed by atoms with Gasteiger partial charge in [-0.1, -0.05) is 22.9 Å². The van der Waals surface area contributed by atoms with Crippen molar-refractivity contribution in [2.45, 2.75) is 19.8 Å². The zero-order valence-corrected chi connectivity index (χ0v) is 11.6. The van der Waals surface area contributed by atoms with Crippen LogP contribution in [0.5, 0.6) is 0 Å². The fraction of sp³-hybridized carbons (Fsp3) is 0.462. The Balaban J connectivity index is 2.58. The molecule has 0 fully saturated rings. The van der Waals surface area contributed by atoms with E-state index < -0.39 is 0 Å². The molecule has 0 saturated carbocycles. The van der Waals surface area contributed by atoms with Crippen LogP contribution in [0.3, 0.4) is 0 Å². The number of carbonyl (C=O) groups is 1. The Kier molecular flexibility index (Phi) is 5.78. The molecule has 94 valence electrons. The molecule has 0 aliphatic rings. The summed E-state index contributed by atoms with van der Waals surface area (Å²) in [6, 6.07) is 4.64. The molecule has 0 amide bonds. The van der Waals surface area contributed by atoms with E-state index in [1.54, 1.807) is 19.2 Å². The van der Waals surface area contributed by atoms with Crippen molar-refractivity contribution in [1.29, 1.82) is 0 Å². The van der Waals surface area contributed by atoms with Crippen LogP contribution in [0.4, 0.5) is 4.39 Å². The number of ketones is 1. The number of rotatable bonds is 6. The highest BCUT2D eigenvalue weighted by atomic mass is 79.9.